The summed E-state index contributed by atoms with van der Waals surface area (Å²) in [5.74, 6) is 0.440. The summed E-state index contributed by atoms with van der Waals surface area (Å²) in [5, 5.41) is 13.1. The highest BCUT2D eigenvalue weighted by Gasteiger charge is 2.24. The van der Waals surface area contributed by atoms with E-state index < -0.39 is 0 Å². The van der Waals surface area contributed by atoms with Gasteiger partial charge in [-0.05, 0) is 42.9 Å². The maximum atomic E-state index is 9.46. The first-order valence-electron chi connectivity index (χ1n) is 8.33. The maximum Gasteiger partial charge on any atom is 0.0858 e. The summed E-state index contributed by atoms with van der Waals surface area (Å²) in [5.41, 5.74) is 3.34. The lowest BCUT2D eigenvalue weighted by Crippen LogP contribution is -2.22. The van der Waals surface area contributed by atoms with Gasteiger partial charge in [-0.1, -0.05) is 68.1 Å². The Morgan fingerprint density at radius 2 is 2.00 bits per heavy atom. The molecule has 1 N–H and O–H groups in total. The van der Waals surface area contributed by atoms with Gasteiger partial charge in [-0.2, -0.15) is 0 Å². The van der Waals surface area contributed by atoms with Crippen molar-refractivity contribution >= 4 is 11.8 Å². The minimum atomic E-state index is 0.440. The molecule has 1 aromatic carbocycles. The van der Waals surface area contributed by atoms with Gasteiger partial charge in [0.2, 0.25) is 0 Å². The van der Waals surface area contributed by atoms with E-state index in [1.54, 1.807) is 0 Å². The van der Waals surface area contributed by atoms with Crippen molar-refractivity contribution in [1.29, 1.82) is 0 Å². The third-order valence-electron chi connectivity index (χ3n) is 4.37. The molecule has 2 nitrogen and oxygen atoms in total. The van der Waals surface area contributed by atoms with Crippen LogP contribution in [0.15, 0.2) is 41.1 Å². The van der Waals surface area contributed by atoms with Crippen LogP contribution in [-0.4, -0.2) is 10.9 Å². The van der Waals surface area contributed by atoms with Crippen molar-refractivity contribution in [2.45, 2.75) is 58.3 Å². The van der Waals surface area contributed by atoms with Gasteiger partial charge >= 0.3 is 0 Å². The first-order chi connectivity index (χ1) is 10.3. The van der Waals surface area contributed by atoms with Gasteiger partial charge in [-0.15, -0.1) is 0 Å². The van der Waals surface area contributed by atoms with Gasteiger partial charge < -0.3 is 5.21 Å². The molecule has 1 aliphatic rings. The molecule has 1 saturated carbocycles. The molecule has 1 aromatic rings. The van der Waals surface area contributed by atoms with E-state index >= 15 is 0 Å². The number of rotatable bonds is 6. The van der Waals surface area contributed by atoms with Crippen molar-refractivity contribution in [3.63, 3.8) is 0 Å². The van der Waals surface area contributed by atoms with Crippen LogP contribution in [0.1, 0.15) is 63.9 Å². The Kier molecular flexibility index (Phi) is 6.52. The predicted octanol–water partition coefficient (Wildman–Crippen LogP) is 5.67. The van der Waals surface area contributed by atoms with E-state index in [0.717, 1.165) is 25.0 Å². The number of benzene rings is 1. The van der Waals surface area contributed by atoms with Crippen molar-refractivity contribution in [3.8, 4) is 0 Å². The topological polar surface area (TPSA) is 32.6 Å². The fourth-order valence-electron chi connectivity index (χ4n) is 3.21. The fourth-order valence-corrected chi connectivity index (χ4v) is 3.21. The highest BCUT2D eigenvalue weighted by atomic mass is 16.4. The van der Waals surface area contributed by atoms with E-state index in [1.807, 2.05) is 18.2 Å². The van der Waals surface area contributed by atoms with Crippen LogP contribution in [0, 0.1) is 5.92 Å². The van der Waals surface area contributed by atoms with Gasteiger partial charge in [0.15, 0.2) is 0 Å². The van der Waals surface area contributed by atoms with Crippen LogP contribution in [0.2, 0.25) is 0 Å². The Labute approximate surface area is 128 Å². The van der Waals surface area contributed by atoms with Crippen LogP contribution in [0.25, 0.3) is 6.08 Å². The number of hydrogen-bond donors (Lipinski definition) is 1. The number of nitrogens with zero attached hydrogens (tertiary/aromatic N) is 1. The van der Waals surface area contributed by atoms with Crippen molar-refractivity contribution in [1.82, 2.24) is 0 Å². The minimum absolute atomic E-state index is 0.440. The summed E-state index contributed by atoms with van der Waals surface area (Å²) in [4.78, 5) is 0. The van der Waals surface area contributed by atoms with Crippen LogP contribution in [-0.2, 0) is 0 Å². The molecule has 0 spiro atoms. The van der Waals surface area contributed by atoms with E-state index in [-0.39, 0.29) is 0 Å². The molecule has 2 rings (SSSR count). The second-order valence-electron chi connectivity index (χ2n) is 6.00. The SMILES string of the molecule is CCCCCCC1CCCC(=Cc2ccccc2)C1=NO. The monoisotopic (exact) mass is 285 g/mol. The molecule has 1 fully saturated rings. The molecule has 0 amide bonds. The van der Waals surface area contributed by atoms with Crippen molar-refractivity contribution in [3.05, 3.63) is 41.5 Å². The lowest BCUT2D eigenvalue weighted by molar-refractivity contribution is 0.311. The molecule has 2 heteroatoms. The number of hydrogen-bond acceptors (Lipinski definition) is 2. The average molecular weight is 285 g/mol. The first-order valence-corrected chi connectivity index (χ1v) is 8.33. The summed E-state index contributed by atoms with van der Waals surface area (Å²) in [7, 11) is 0. The zero-order chi connectivity index (χ0) is 14.9. The molecule has 0 heterocycles. The Bertz CT molecular complexity index is 476. The summed E-state index contributed by atoms with van der Waals surface area (Å²) in [6, 6.07) is 10.3. The molecule has 0 saturated heterocycles. The highest BCUT2D eigenvalue weighted by molar-refractivity contribution is 6.05. The van der Waals surface area contributed by atoms with Crippen LogP contribution in [0.5, 0.6) is 0 Å². The first kappa shape index (κ1) is 15.8. The van der Waals surface area contributed by atoms with Gasteiger partial charge in [0.1, 0.15) is 0 Å². The number of allylic oxidation sites excluding steroid dienone is 1. The zero-order valence-electron chi connectivity index (χ0n) is 13.1. The largest absolute Gasteiger partial charge is 0.411 e. The molecule has 0 bridgehead atoms. The Hall–Kier alpha value is -1.57. The maximum absolute atomic E-state index is 9.46. The second-order valence-corrected chi connectivity index (χ2v) is 6.00. The van der Waals surface area contributed by atoms with E-state index in [2.05, 4.69) is 30.3 Å². The Balaban J connectivity index is 2.03. The number of unbranched alkanes of at least 4 members (excludes halogenated alkanes) is 3. The van der Waals surface area contributed by atoms with Gasteiger partial charge in [-0.25, -0.2) is 0 Å². The molecular weight excluding hydrogens is 258 g/mol. The van der Waals surface area contributed by atoms with Crippen molar-refractivity contribution < 1.29 is 5.21 Å². The van der Waals surface area contributed by atoms with Crippen molar-refractivity contribution in [2.75, 3.05) is 0 Å². The van der Waals surface area contributed by atoms with Crippen LogP contribution < -0.4 is 0 Å². The van der Waals surface area contributed by atoms with Crippen LogP contribution in [0.3, 0.4) is 0 Å². The van der Waals surface area contributed by atoms with Crippen LogP contribution >= 0.6 is 0 Å². The molecule has 1 aliphatic carbocycles. The molecular formula is C19H27NO. The quantitative estimate of drug-likeness (QED) is 0.407. The van der Waals surface area contributed by atoms with Crippen molar-refractivity contribution in [2.24, 2.45) is 11.1 Å². The van der Waals surface area contributed by atoms with Gasteiger partial charge in [0.25, 0.3) is 0 Å². The molecule has 0 aliphatic heterocycles. The van der Waals surface area contributed by atoms with Crippen LogP contribution in [0.4, 0.5) is 0 Å². The Morgan fingerprint density at radius 1 is 1.19 bits per heavy atom. The Morgan fingerprint density at radius 3 is 2.71 bits per heavy atom. The molecule has 0 aromatic heterocycles. The van der Waals surface area contributed by atoms with Gasteiger partial charge in [0.05, 0.1) is 5.71 Å². The normalized spacial score (nSPS) is 22.8. The number of oxime groups is 1. The van der Waals surface area contributed by atoms with E-state index in [0.29, 0.717) is 5.92 Å². The molecule has 1 unspecified atom stereocenters. The second kappa shape index (κ2) is 8.66. The minimum Gasteiger partial charge on any atom is -0.411 e. The van der Waals surface area contributed by atoms with Gasteiger partial charge in [-0.3, -0.25) is 0 Å². The standard InChI is InChI=1S/C19H27NO/c1-2-3-4-8-12-17-13-9-14-18(19(17)20-21)15-16-10-6-5-7-11-16/h5-7,10-11,15,17,21H,2-4,8-9,12-14H2,1H3. The zero-order valence-corrected chi connectivity index (χ0v) is 13.1. The summed E-state index contributed by atoms with van der Waals surface area (Å²) < 4.78 is 0. The lowest BCUT2D eigenvalue weighted by atomic mass is 9.80. The summed E-state index contributed by atoms with van der Waals surface area (Å²) in [6.07, 6.45) is 11.9. The fraction of sp³-hybridized carbons (Fsp3) is 0.526. The van der Waals surface area contributed by atoms with E-state index in [4.69, 9.17) is 0 Å². The smallest absolute Gasteiger partial charge is 0.0858 e. The third-order valence-corrected chi connectivity index (χ3v) is 4.37. The molecule has 0 radical (unpaired) electrons. The average Bonchev–Trinajstić information content (AvgIpc) is 2.53. The summed E-state index contributed by atoms with van der Waals surface area (Å²) in [6.45, 7) is 2.24. The predicted molar refractivity (Wildman–Crippen MR) is 89.7 cm³/mol. The lowest BCUT2D eigenvalue weighted by Gasteiger charge is -2.25. The van der Waals surface area contributed by atoms with E-state index in [1.165, 1.54) is 43.2 Å². The molecule has 21 heavy (non-hydrogen) atoms. The molecule has 1 atom stereocenters. The van der Waals surface area contributed by atoms with E-state index in [9.17, 15) is 5.21 Å². The summed E-state index contributed by atoms with van der Waals surface area (Å²) >= 11 is 0. The highest BCUT2D eigenvalue weighted by Crippen LogP contribution is 2.31. The van der Waals surface area contributed by atoms with Gasteiger partial charge in [0, 0.05) is 5.92 Å². The third kappa shape index (κ3) is 4.73. The molecule has 114 valence electrons.